The molecule has 24 heavy (non-hydrogen) atoms. The predicted molar refractivity (Wildman–Crippen MR) is 81.5 cm³/mol. The summed E-state index contributed by atoms with van der Waals surface area (Å²) in [6.45, 7) is 0.0289. The van der Waals surface area contributed by atoms with Crippen LogP contribution >= 0.6 is 0 Å². The van der Waals surface area contributed by atoms with Gasteiger partial charge in [-0.1, -0.05) is 0 Å². The highest BCUT2D eigenvalue weighted by Gasteiger charge is 2.41. The zero-order chi connectivity index (χ0) is 17.7. The molecule has 0 atom stereocenters. The number of benzene rings is 1. The summed E-state index contributed by atoms with van der Waals surface area (Å²) < 4.78 is 64.7. The van der Waals surface area contributed by atoms with Crippen molar-refractivity contribution in [3.05, 3.63) is 35.4 Å². The quantitative estimate of drug-likeness (QED) is 0.495. The van der Waals surface area contributed by atoms with Gasteiger partial charge in [-0.15, -0.1) is 0 Å². The van der Waals surface area contributed by atoms with Gasteiger partial charge in [0, 0.05) is 25.2 Å². The Balaban J connectivity index is 1.84. The van der Waals surface area contributed by atoms with Crippen molar-refractivity contribution in [2.45, 2.75) is 44.4 Å². The molecule has 0 spiro atoms. The van der Waals surface area contributed by atoms with Crippen LogP contribution in [-0.4, -0.2) is 25.2 Å². The van der Waals surface area contributed by atoms with Crippen molar-refractivity contribution >= 4 is 5.96 Å². The van der Waals surface area contributed by atoms with Gasteiger partial charge in [0.25, 0.3) is 0 Å². The van der Waals surface area contributed by atoms with Gasteiger partial charge >= 0.3 is 6.18 Å². The maximum absolute atomic E-state index is 13.6. The summed E-state index contributed by atoms with van der Waals surface area (Å²) in [6.07, 6.45) is -3.20. The monoisotopic (exact) mass is 349 g/mol. The van der Waals surface area contributed by atoms with E-state index in [2.05, 4.69) is 15.6 Å². The summed E-state index contributed by atoms with van der Waals surface area (Å²) in [5.41, 5.74) is 0.152. The van der Waals surface area contributed by atoms with Gasteiger partial charge in [0.15, 0.2) is 5.96 Å². The summed E-state index contributed by atoms with van der Waals surface area (Å²) in [5.74, 6) is -1.97. The van der Waals surface area contributed by atoms with Crippen LogP contribution in [-0.2, 0) is 6.54 Å². The highest BCUT2D eigenvalue weighted by Crippen LogP contribution is 2.37. The van der Waals surface area contributed by atoms with Crippen molar-refractivity contribution in [3.63, 3.8) is 0 Å². The number of nitrogens with one attached hydrogen (secondary N) is 2. The molecule has 1 aliphatic carbocycles. The van der Waals surface area contributed by atoms with Crippen molar-refractivity contribution < 1.29 is 22.0 Å². The topological polar surface area (TPSA) is 36.4 Å². The molecular formula is C16H20F5N3. The number of hydrogen-bond acceptors (Lipinski definition) is 1. The summed E-state index contributed by atoms with van der Waals surface area (Å²) in [5, 5.41) is 5.89. The molecule has 1 aromatic carbocycles. The van der Waals surface area contributed by atoms with Crippen LogP contribution in [0.3, 0.4) is 0 Å². The number of aliphatic imine (C=N–C) groups is 1. The lowest BCUT2D eigenvalue weighted by Gasteiger charge is -2.31. The number of guanidine groups is 1. The number of alkyl halides is 3. The zero-order valence-electron chi connectivity index (χ0n) is 13.3. The van der Waals surface area contributed by atoms with Gasteiger partial charge in [0.2, 0.25) is 0 Å². The highest BCUT2D eigenvalue weighted by molar-refractivity contribution is 5.79. The van der Waals surface area contributed by atoms with E-state index in [4.69, 9.17) is 0 Å². The SMILES string of the molecule is CN=C(NCc1cc(F)ccc1F)NC1CCC(C(F)(F)F)CC1. The second-order valence-corrected chi connectivity index (χ2v) is 5.90. The minimum Gasteiger partial charge on any atom is -0.354 e. The molecule has 2 rings (SSSR count). The van der Waals surface area contributed by atoms with E-state index in [1.165, 1.54) is 7.05 Å². The molecule has 0 unspecified atom stereocenters. The summed E-state index contributed by atoms with van der Waals surface area (Å²) in [4.78, 5) is 3.97. The molecule has 0 radical (unpaired) electrons. The van der Waals surface area contributed by atoms with Crippen LogP contribution in [0, 0.1) is 17.6 Å². The lowest BCUT2D eigenvalue weighted by atomic mass is 9.85. The molecule has 1 saturated carbocycles. The molecule has 8 heteroatoms. The molecular weight excluding hydrogens is 329 g/mol. The minimum absolute atomic E-state index is 0.0289. The fraction of sp³-hybridized carbons (Fsp3) is 0.562. The third-order valence-corrected chi connectivity index (χ3v) is 4.21. The third kappa shape index (κ3) is 5.07. The normalized spacial score (nSPS) is 22.3. The Kier molecular flexibility index (Phi) is 6.01. The van der Waals surface area contributed by atoms with Crippen molar-refractivity contribution in [3.8, 4) is 0 Å². The van der Waals surface area contributed by atoms with Crippen LogP contribution in [0.4, 0.5) is 22.0 Å². The largest absolute Gasteiger partial charge is 0.391 e. The van der Waals surface area contributed by atoms with Crippen LogP contribution in [0.5, 0.6) is 0 Å². The molecule has 3 nitrogen and oxygen atoms in total. The second-order valence-electron chi connectivity index (χ2n) is 5.90. The van der Waals surface area contributed by atoms with E-state index in [0.29, 0.717) is 18.8 Å². The van der Waals surface area contributed by atoms with Crippen molar-refractivity contribution in [2.75, 3.05) is 7.05 Å². The van der Waals surface area contributed by atoms with Crippen LogP contribution in [0.2, 0.25) is 0 Å². The minimum atomic E-state index is -4.14. The first kappa shape index (κ1) is 18.5. The molecule has 0 heterocycles. The standard InChI is InChI=1S/C16H20F5N3/c1-22-15(23-9-10-8-12(17)4-7-14(10)18)24-13-5-2-11(3-6-13)16(19,20)21/h4,7-8,11,13H,2-3,5-6,9H2,1H3,(H2,22,23,24). The Hall–Kier alpha value is -1.86. The average Bonchev–Trinajstić information content (AvgIpc) is 2.54. The molecule has 1 aromatic rings. The molecule has 0 saturated heterocycles. The summed E-state index contributed by atoms with van der Waals surface area (Å²) in [7, 11) is 1.51. The van der Waals surface area contributed by atoms with Crippen molar-refractivity contribution in [2.24, 2.45) is 10.9 Å². The van der Waals surface area contributed by atoms with Crippen LogP contribution in [0.15, 0.2) is 23.2 Å². The first-order chi connectivity index (χ1) is 11.3. The van der Waals surface area contributed by atoms with E-state index in [1.54, 1.807) is 0 Å². The summed E-state index contributed by atoms with van der Waals surface area (Å²) in [6, 6.07) is 3.04. The summed E-state index contributed by atoms with van der Waals surface area (Å²) >= 11 is 0. The van der Waals surface area contributed by atoms with Crippen molar-refractivity contribution in [1.82, 2.24) is 10.6 Å². The molecule has 0 bridgehead atoms. The number of rotatable bonds is 3. The van der Waals surface area contributed by atoms with Crippen LogP contribution in [0.25, 0.3) is 0 Å². The number of halogens is 5. The molecule has 0 aliphatic heterocycles. The molecule has 1 fully saturated rings. The first-order valence-electron chi connectivity index (χ1n) is 7.77. The molecule has 1 aliphatic rings. The average molecular weight is 349 g/mol. The predicted octanol–water partition coefficient (Wildman–Crippen LogP) is 3.75. The van der Waals surface area contributed by atoms with E-state index in [9.17, 15) is 22.0 Å². The van der Waals surface area contributed by atoms with E-state index in [1.807, 2.05) is 0 Å². The van der Waals surface area contributed by atoms with E-state index in [-0.39, 0.29) is 31.0 Å². The van der Waals surface area contributed by atoms with Gasteiger partial charge < -0.3 is 10.6 Å². The van der Waals surface area contributed by atoms with Gasteiger partial charge in [-0.2, -0.15) is 13.2 Å². The Morgan fingerprint density at radius 3 is 2.42 bits per heavy atom. The van der Waals surface area contributed by atoms with Gasteiger partial charge in [0.05, 0.1) is 5.92 Å². The van der Waals surface area contributed by atoms with Crippen LogP contribution < -0.4 is 10.6 Å². The third-order valence-electron chi connectivity index (χ3n) is 4.21. The van der Waals surface area contributed by atoms with Gasteiger partial charge in [-0.3, -0.25) is 4.99 Å². The molecule has 2 N–H and O–H groups in total. The maximum Gasteiger partial charge on any atom is 0.391 e. The first-order valence-corrected chi connectivity index (χ1v) is 7.77. The fourth-order valence-corrected chi connectivity index (χ4v) is 2.81. The van der Waals surface area contributed by atoms with Crippen LogP contribution in [0.1, 0.15) is 31.2 Å². The zero-order valence-corrected chi connectivity index (χ0v) is 13.3. The lowest BCUT2D eigenvalue weighted by molar-refractivity contribution is -0.182. The van der Waals surface area contributed by atoms with Gasteiger partial charge in [-0.25, -0.2) is 8.78 Å². The van der Waals surface area contributed by atoms with Crippen molar-refractivity contribution in [1.29, 1.82) is 0 Å². The molecule has 0 amide bonds. The smallest absolute Gasteiger partial charge is 0.354 e. The van der Waals surface area contributed by atoms with Gasteiger partial charge in [-0.05, 0) is 43.9 Å². The Bertz CT molecular complexity index is 578. The number of hydrogen-bond donors (Lipinski definition) is 2. The van der Waals surface area contributed by atoms with E-state index < -0.39 is 23.7 Å². The Labute approximate surface area is 137 Å². The highest BCUT2D eigenvalue weighted by atomic mass is 19.4. The molecule has 0 aromatic heterocycles. The van der Waals surface area contributed by atoms with Gasteiger partial charge in [0.1, 0.15) is 11.6 Å². The Morgan fingerprint density at radius 1 is 1.17 bits per heavy atom. The van der Waals surface area contributed by atoms with E-state index in [0.717, 1.165) is 18.2 Å². The number of nitrogens with zero attached hydrogens (tertiary/aromatic N) is 1. The maximum atomic E-state index is 13.6. The second kappa shape index (κ2) is 7.81. The Morgan fingerprint density at radius 2 is 1.83 bits per heavy atom. The fourth-order valence-electron chi connectivity index (χ4n) is 2.81. The molecule has 134 valence electrons. The van der Waals surface area contributed by atoms with E-state index >= 15 is 0 Å². The lowest BCUT2D eigenvalue weighted by Crippen LogP contribution is -2.45.